The Kier molecular flexibility index (Phi) is 7.25. The Bertz CT molecular complexity index is 1280. The van der Waals surface area contributed by atoms with E-state index in [0.29, 0.717) is 28.8 Å². The maximum atomic E-state index is 12.5. The van der Waals surface area contributed by atoms with Gasteiger partial charge in [0, 0.05) is 30.4 Å². The number of carbonyl (C=O) groups is 1. The number of anilines is 1. The van der Waals surface area contributed by atoms with E-state index in [1.165, 1.54) is 0 Å². The molecule has 0 radical (unpaired) electrons. The van der Waals surface area contributed by atoms with Gasteiger partial charge in [-0.25, -0.2) is 5.43 Å². The molecule has 8 heteroatoms. The fraction of sp³-hybridized carbons (Fsp3) is 0.115. The van der Waals surface area contributed by atoms with Crippen LogP contribution in [0.2, 0.25) is 5.02 Å². The van der Waals surface area contributed by atoms with Crippen LogP contribution in [-0.4, -0.2) is 36.4 Å². The molecule has 0 aliphatic rings. The molecule has 4 aromatic rings. The molecule has 0 saturated heterocycles. The summed E-state index contributed by atoms with van der Waals surface area (Å²) in [6.07, 6.45) is 1.59. The van der Waals surface area contributed by atoms with Crippen molar-refractivity contribution in [3.8, 4) is 17.0 Å². The van der Waals surface area contributed by atoms with Crippen LogP contribution < -0.4 is 15.1 Å². The maximum absolute atomic E-state index is 12.5. The third kappa shape index (κ3) is 5.82. The SMILES string of the molecule is CN(C)c1ccc(/C=N\NC(=O)c2cc(-c3ccccc3OCc3ccc(Cl)cc3)n[nH]2)cc1. The highest BCUT2D eigenvalue weighted by atomic mass is 35.5. The van der Waals surface area contributed by atoms with E-state index in [0.717, 1.165) is 22.4 Å². The largest absolute Gasteiger partial charge is 0.488 e. The minimum absolute atomic E-state index is 0.294. The van der Waals surface area contributed by atoms with Crippen molar-refractivity contribution in [1.29, 1.82) is 0 Å². The standard InChI is InChI=1S/C26H24ClN5O2/c1-32(2)21-13-9-18(10-14-21)16-28-31-26(33)24-15-23(29-30-24)22-5-3-4-6-25(22)34-17-19-7-11-20(27)12-8-19/h3-16H,17H2,1-2H3,(H,29,30)(H,31,33)/b28-16-. The molecule has 7 nitrogen and oxygen atoms in total. The van der Waals surface area contributed by atoms with Crippen molar-refractivity contribution in [3.05, 3.63) is 101 Å². The van der Waals surface area contributed by atoms with Crippen molar-refractivity contribution in [3.63, 3.8) is 0 Å². The summed E-state index contributed by atoms with van der Waals surface area (Å²) in [6.45, 7) is 0.385. The highest BCUT2D eigenvalue weighted by Gasteiger charge is 2.14. The second-order valence-corrected chi connectivity index (χ2v) is 8.20. The summed E-state index contributed by atoms with van der Waals surface area (Å²) in [5.74, 6) is 0.273. The van der Waals surface area contributed by atoms with Gasteiger partial charge in [-0.2, -0.15) is 10.2 Å². The van der Waals surface area contributed by atoms with E-state index < -0.39 is 0 Å². The number of benzene rings is 3. The van der Waals surface area contributed by atoms with Crippen LogP contribution in [0.5, 0.6) is 5.75 Å². The van der Waals surface area contributed by atoms with Gasteiger partial charge < -0.3 is 9.64 Å². The Morgan fingerprint density at radius 2 is 1.82 bits per heavy atom. The van der Waals surface area contributed by atoms with Crippen LogP contribution >= 0.6 is 11.6 Å². The van der Waals surface area contributed by atoms with Gasteiger partial charge in [-0.15, -0.1) is 0 Å². The molecule has 1 aromatic heterocycles. The van der Waals surface area contributed by atoms with Gasteiger partial charge in [0.05, 0.1) is 11.9 Å². The second kappa shape index (κ2) is 10.7. The molecule has 1 amide bonds. The Morgan fingerprint density at radius 1 is 1.09 bits per heavy atom. The van der Waals surface area contributed by atoms with Gasteiger partial charge >= 0.3 is 0 Å². The molecule has 0 aliphatic heterocycles. The van der Waals surface area contributed by atoms with E-state index in [9.17, 15) is 4.79 Å². The average Bonchev–Trinajstić information content (AvgIpc) is 3.34. The number of carbonyl (C=O) groups excluding carboxylic acids is 1. The van der Waals surface area contributed by atoms with Crippen LogP contribution in [-0.2, 0) is 6.61 Å². The van der Waals surface area contributed by atoms with Crippen molar-refractivity contribution in [2.45, 2.75) is 6.61 Å². The summed E-state index contributed by atoms with van der Waals surface area (Å²) in [5.41, 5.74) is 7.15. The topological polar surface area (TPSA) is 82.6 Å². The Balaban J connectivity index is 1.40. The molecule has 0 saturated carbocycles. The molecule has 3 aromatic carbocycles. The summed E-state index contributed by atoms with van der Waals surface area (Å²) >= 11 is 5.95. The van der Waals surface area contributed by atoms with Gasteiger partial charge in [0.25, 0.3) is 5.91 Å². The van der Waals surface area contributed by atoms with E-state index in [1.54, 1.807) is 12.3 Å². The van der Waals surface area contributed by atoms with Gasteiger partial charge in [-0.1, -0.05) is 48.0 Å². The number of ether oxygens (including phenoxy) is 1. The lowest BCUT2D eigenvalue weighted by atomic mass is 10.1. The van der Waals surface area contributed by atoms with Crippen molar-refractivity contribution in [2.24, 2.45) is 5.10 Å². The monoisotopic (exact) mass is 473 g/mol. The number of para-hydroxylation sites is 1. The average molecular weight is 474 g/mol. The predicted octanol–water partition coefficient (Wildman–Crippen LogP) is 5.14. The van der Waals surface area contributed by atoms with Gasteiger partial charge in [-0.05, 0) is 53.6 Å². The van der Waals surface area contributed by atoms with Crippen molar-refractivity contribution >= 4 is 29.4 Å². The lowest BCUT2D eigenvalue weighted by molar-refractivity contribution is 0.0950. The van der Waals surface area contributed by atoms with E-state index in [4.69, 9.17) is 16.3 Å². The number of hydrogen-bond acceptors (Lipinski definition) is 5. The van der Waals surface area contributed by atoms with Crippen LogP contribution in [0.1, 0.15) is 21.6 Å². The number of rotatable bonds is 8. The van der Waals surface area contributed by atoms with Crippen LogP contribution in [0.25, 0.3) is 11.3 Å². The number of aromatic nitrogens is 2. The molecular weight excluding hydrogens is 450 g/mol. The summed E-state index contributed by atoms with van der Waals surface area (Å²) in [5, 5.41) is 11.8. The van der Waals surface area contributed by atoms with E-state index >= 15 is 0 Å². The van der Waals surface area contributed by atoms with Crippen LogP contribution in [0.15, 0.2) is 84.0 Å². The number of hydrazone groups is 1. The second-order valence-electron chi connectivity index (χ2n) is 7.76. The van der Waals surface area contributed by atoms with E-state index in [1.807, 2.05) is 91.8 Å². The molecule has 0 atom stereocenters. The van der Waals surface area contributed by atoms with Crippen LogP contribution in [0.4, 0.5) is 5.69 Å². The Hall–Kier alpha value is -4.10. The first-order valence-corrected chi connectivity index (χ1v) is 11.0. The number of amides is 1. The fourth-order valence-corrected chi connectivity index (χ4v) is 3.33. The first-order chi connectivity index (χ1) is 16.5. The summed E-state index contributed by atoms with van der Waals surface area (Å²) in [7, 11) is 3.96. The molecule has 0 fully saturated rings. The molecule has 34 heavy (non-hydrogen) atoms. The van der Waals surface area contributed by atoms with Crippen LogP contribution in [0.3, 0.4) is 0 Å². The third-order valence-electron chi connectivity index (χ3n) is 5.08. The lowest BCUT2D eigenvalue weighted by Gasteiger charge is -2.11. The highest BCUT2D eigenvalue weighted by Crippen LogP contribution is 2.29. The van der Waals surface area contributed by atoms with Crippen LogP contribution in [0, 0.1) is 0 Å². The molecular formula is C26H24ClN5O2. The molecule has 2 N–H and O–H groups in total. The van der Waals surface area contributed by atoms with Gasteiger partial charge in [0.15, 0.2) is 0 Å². The Labute approximate surface area is 203 Å². The zero-order valence-corrected chi connectivity index (χ0v) is 19.6. The zero-order chi connectivity index (χ0) is 23.9. The van der Waals surface area contributed by atoms with Crippen molar-refractivity contribution < 1.29 is 9.53 Å². The van der Waals surface area contributed by atoms with Gasteiger partial charge in [0.1, 0.15) is 18.1 Å². The number of H-pyrrole nitrogens is 1. The maximum Gasteiger partial charge on any atom is 0.289 e. The normalized spacial score (nSPS) is 10.9. The molecule has 0 aliphatic carbocycles. The highest BCUT2D eigenvalue weighted by molar-refractivity contribution is 6.30. The number of nitrogens with one attached hydrogen (secondary N) is 2. The van der Waals surface area contributed by atoms with Crippen molar-refractivity contribution in [2.75, 3.05) is 19.0 Å². The Morgan fingerprint density at radius 3 is 2.56 bits per heavy atom. The minimum atomic E-state index is -0.389. The number of halogens is 1. The molecule has 1 heterocycles. The molecule has 4 rings (SSSR count). The summed E-state index contributed by atoms with van der Waals surface area (Å²) < 4.78 is 6.00. The number of aromatic amines is 1. The van der Waals surface area contributed by atoms with E-state index in [-0.39, 0.29) is 5.91 Å². The quantitative estimate of drug-likeness (QED) is 0.274. The van der Waals surface area contributed by atoms with Crippen molar-refractivity contribution in [1.82, 2.24) is 15.6 Å². The fourth-order valence-electron chi connectivity index (χ4n) is 3.21. The minimum Gasteiger partial charge on any atom is -0.488 e. The molecule has 172 valence electrons. The number of hydrogen-bond donors (Lipinski definition) is 2. The molecule has 0 unspecified atom stereocenters. The van der Waals surface area contributed by atoms with Gasteiger partial charge in [0.2, 0.25) is 0 Å². The smallest absolute Gasteiger partial charge is 0.289 e. The lowest BCUT2D eigenvalue weighted by Crippen LogP contribution is -2.18. The third-order valence-corrected chi connectivity index (χ3v) is 5.33. The van der Waals surface area contributed by atoms with E-state index in [2.05, 4.69) is 20.7 Å². The van der Waals surface area contributed by atoms with Gasteiger partial charge in [-0.3, -0.25) is 9.89 Å². The first-order valence-electron chi connectivity index (χ1n) is 10.6. The molecule has 0 spiro atoms. The number of nitrogens with zero attached hydrogens (tertiary/aromatic N) is 3. The molecule has 0 bridgehead atoms. The zero-order valence-electron chi connectivity index (χ0n) is 18.8. The summed E-state index contributed by atoms with van der Waals surface area (Å²) in [4.78, 5) is 14.5. The first kappa shape index (κ1) is 23.1. The predicted molar refractivity (Wildman–Crippen MR) is 136 cm³/mol. The summed E-state index contributed by atoms with van der Waals surface area (Å²) in [6, 6.07) is 24.5.